The highest BCUT2D eigenvalue weighted by molar-refractivity contribution is 14.0. The Morgan fingerprint density at radius 2 is 1.97 bits per heavy atom. The van der Waals surface area contributed by atoms with Gasteiger partial charge >= 0.3 is 6.61 Å². The van der Waals surface area contributed by atoms with E-state index in [4.69, 9.17) is 9.47 Å². The van der Waals surface area contributed by atoms with Crippen LogP contribution in [0.25, 0.3) is 11.0 Å². The van der Waals surface area contributed by atoms with E-state index in [-0.39, 0.29) is 42.0 Å². The maximum Gasteiger partial charge on any atom is 0.387 e. The molecule has 0 saturated carbocycles. The van der Waals surface area contributed by atoms with Crippen LogP contribution in [0.1, 0.15) is 18.3 Å². The van der Waals surface area contributed by atoms with Crippen LogP contribution >= 0.6 is 24.0 Å². The lowest BCUT2D eigenvalue weighted by atomic mass is 10.2. The largest absolute Gasteiger partial charge is 0.490 e. The fourth-order valence-corrected chi connectivity index (χ4v) is 3.02. The number of aliphatic imine (C=N–C) groups is 1. The summed E-state index contributed by atoms with van der Waals surface area (Å²) < 4.78 is 35.8. The van der Waals surface area contributed by atoms with Crippen molar-refractivity contribution in [2.24, 2.45) is 4.99 Å². The first-order valence-corrected chi connectivity index (χ1v) is 9.68. The van der Waals surface area contributed by atoms with Gasteiger partial charge in [-0.1, -0.05) is 24.3 Å². The van der Waals surface area contributed by atoms with Crippen molar-refractivity contribution < 1.29 is 18.3 Å². The molecular formula is C21H26F2IN5O2. The number of benzene rings is 2. The molecular weight excluding hydrogens is 519 g/mol. The van der Waals surface area contributed by atoms with E-state index in [0.29, 0.717) is 31.1 Å². The Hall–Kier alpha value is -2.63. The summed E-state index contributed by atoms with van der Waals surface area (Å²) in [6.45, 7) is 0.0324. The van der Waals surface area contributed by atoms with Crippen LogP contribution < -0.4 is 20.1 Å². The monoisotopic (exact) mass is 545 g/mol. The van der Waals surface area contributed by atoms with E-state index in [1.807, 2.05) is 24.3 Å². The van der Waals surface area contributed by atoms with Crippen LogP contribution in [0.15, 0.2) is 47.5 Å². The number of para-hydroxylation sites is 3. The molecule has 0 atom stereocenters. The summed E-state index contributed by atoms with van der Waals surface area (Å²) in [5.74, 6) is 1.72. The van der Waals surface area contributed by atoms with Crippen LogP contribution in [0.3, 0.4) is 0 Å². The summed E-state index contributed by atoms with van der Waals surface area (Å²) in [7, 11) is 1.64. The molecule has 0 spiro atoms. The topological polar surface area (TPSA) is 83.6 Å². The van der Waals surface area contributed by atoms with Crippen molar-refractivity contribution in [3.8, 4) is 11.5 Å². The second-order valence-electron chi connectivity index (χ2n) is 6.36. The summed E-state index contributed by atoms with van der Waals surface area (Å²) in [6, 6.07) is 12.9. The molecule has 0 bridgehead atoms. The minimum Gasteiger partial charge on any atom is -0.490 e. The predicted octanol–water partition coefficient (Wildman–Crippen LogP) is 4.09. The summed E-state index contributed by atoms with van der Waals surface area (Å²) in [5.41, 5.74) is 2.47. The Labute approximate surface area is 196 Å². The SMILES string of the molecule is CCOc1cccc(CNC(=NC)NCCc2nc3ccccc3[nH]2)c1OC(F)F.I. The van der Waals surface area contributed by atoms with Crippen molar-refractivity contribution in [2.45, 2.75) is 26.5 Å². The van der Waals surface area contributed by atoms with Gasteiger partial charge in [-0.3, -0.25) is 4.99 Å². The van der Waals surface area contributed by atoms with Gasteiger partial charge in [0.05, 0.1) is 17.6 Å². The van der Waals surface area contributed by atoms with Gasteiger partial charge in [0.2, 0.25) is 0 Å². The zero-order valence-corrected chi connectivity index (χ0v) is 19.7. The number of rotatable bonds is 9. The third-order valence-electron chi connectivity index (χ3n) is 4.33. The molecule has 168 valence electrons. The third-order valence-corrected chi connectivity index (χ3v) is 4.33. The third kappa shape index (κ3) is 6.94. The summed E-state index contributed by atoms with van der Waals surface area (Å²) in [6.07, 6.45) is 0.676. The van der Waals surface area contributed by atoms with Gasteiger partial charge < -0.3 is 25.1 Å². The number of guanidine groups is 1. The molecule has 0 saturated heterocycles. The Morgan fingerprint density at radius 1 is 1.16 bits per heavy atom. The number of nitrogens with zero attached hydrogens (tertiary/aromatic N) is 2. The number of alkyl halides is 2. The van der Waals surface area contributed by atoms with Gasteiger partial charge in [-0.25, -0.2) is 4.98 Å². The van der Waals surface area contributed by atoms with Gasteiger partial charge in [-0.2, -0.15) is 8.78 Å². The van der Waals surface area contributed by atoms with E-state index in [1.54, 1.807) is 32.2 Å². The highest BCUT2D eigenvalue weighted by Crippen LogP contribution is 2.32. The zero-order chi connectivity index (χ0) is 21.3. The number of fused-ring (bicyclic) bond motifs is 1. The average molecular weight is 545 g/mol. The lowest BCUT2D eigenvalue weighted by molar-refractivity contribution is -0.0520. The average Bonchev–Trinajstić information content (AvgIpc) is 3.15. The van der Waals surface area contributed by atoms with E-state index >= 15 is 0 Å². The molecule has 0 amide bonds. The second kappa shape index (κ2) is 12.3. The van der Waals surface area contributed by atoms with Crippen molar-refractivity contribution in [3.63, 3.8) is 0 Å². The minimum absolute atomic E-state index is 0. The predicted molar refractivity (Wildman–Crippen MR) is 128 cm³/mol. The number of hydrogen-bond acceptors (Lipinski definition) is 4. The number of hydrogen-bond donors (Lipinski definition) is 3. The van der Waals surface area contributed by atoms with E-state index in [9.17, 15) is 8.78 Å². The Bertz CT molecular complexity index is 964. The van der Waals surface area contributed by atoms with Crippen LogP contribution in [0.5, 0.6) is 11.5 Å². The zero-order valence-electron chi connectivity index (χ0n) is 17.3. The Kier molecular flexibility index (Phi) is 9.76. The van der Waals surface area contributed by atoms with Crippen molar-refractivity contribution in [1.82, 2.24) is 20.6 Å². The number of nitrogens with one attached hydrogen (secondary N) is 3. The molecule has 0 radical (unpaired) electrons. The van der Waals surface area contributed by atoms with Crippen molar-refractivity contribution in [1.29, 1.82) is 0 Å². The number of imidazole rings is 1. The van der Waals surface area contributed by atoms with E-state index in [2.05, 4.69) is 25.6 Å². The van der Waals surface area contributed by atoms with E-state index < -0.39 is 6.61 Å². The molecule has 0 aliphatic rings. The first kappa shape index (κ1) is 24.6. The van der Waals surface area contributed by atoms with Gasteiger partial charge in [0.1, 0.15) is 5.82 Å². The van der Waals surface area contributed by atoms with Crippen LogP contribution in [0.2, 0.25) is 0 Å². The molecule has 0 aliphatic heterocycles. The summed E-state index contributed by atoms with van der Waals surface area (Å²) in [5, 5.41) is 6.30. The maximum atomic E-state index is 12.8. The number of ether oxygens (including phenoxy) is 2. The molecule has 3 aromatic rings. The van der Waals surface area contributed by atoms with Crippen LogP contribution in [-0.4, -0.2) is 42.7 Å². The van der Waals surface area contributed by atoms with Crippen LogP contribution in [0.4, 0.5) is 8.78 Å². The minimum atomic E-state index is -2.94. The summed E-state index contributed by atoms with van der Waals surface area (Å²) in [4.78, 5) is 12.0. The van der Waals surface area contributed by atoms with Crippen LogP contribution in [0, 0.1) is 0 Å². The Balaban J connectivity index is 0.00000341. The highest BCUT2D eigenvalue weighted by Gasteiger charge is 2.16. The smallest absolute Gasteiger partial charge is 0.387 e. The molecule has 0 aliphatic carbocycles. The molecule has 0 unspecified atom stereocenters. The lowest BCUT2D eigenvalue weighted by Crippen LogP contribution is -2.38. The quantitative estimate of drug-likeness (QED) is 0.215. The number of halogens is 3. The molecule has 0 fully saturated rings. The van der Waals surface area contributed by atoms with Gasteiger partial charge in [0.25, 0.3) is 0 Å². The maximum absolute atomic E-state index is 12.8. The van der Waals surface area contributed by atoms with Crippen molar-refractivity contribution >= 4 is 41.0 Å². The Morgan fingerprint density at radius 3 is 2.68 bits per heavy atom. The number of aromatic nitrogens is 2. The first-order chi connectivity index (χ1) is 14.6. The molecule has 7 nitrogen and oxygen atoms in total. The van der Waals surface area contributed by atoms with Crippen molar-refractivity contribution in [3.05, 3.63) is 53.9 Å². The molecule has 10 heteroatoms. The van der Waals surface area contributed by atoms with Gasteiger partial charge in [0, 0.05) is 32.1 Å². The molecule has 3 N–H and O–H groups in total. The van der Waals surface area contributed by atoms with Gasteiger partial charge in [-0.05, 0) is 25.1 Å². The molecule has 2 aromatic carbocycles. The molecule has 31 heavy (non-hydrogen) atoms. The highest BCUT2D eigenvalue weighted by atomic mass is 127. The van der Waals surface area contributed by atoms with E-state index in [0.717, 1.165) is 16.9 Å². The molecule has 3 rings (SSSR count). The molecule has 1 aromatic heterocycles. The van der Waals surface area contributed by atoms with Gasteiger partial charge in [-0.15, -0.1) is 24.0 Å². The molecule has 1 heterocycles. The van der Waals surface area contributed by atoms with Gasteiger partial charge in [0.15, 0.2) is 17.5 Å². The number of H-pyrrole nitrogens is 1. The standard InChI is InChI=1S/C21H25F2N5O2.HI/c1-3-29-17-10-6-7-14(19(17)30-20(22)23)13-26-21(24-2)25-12-11-18-27-15-8-4-5-9-16(15)28-18;/h4-10,20H,3,11-13H2,1-2H3,(H,27,28)(H2,24,25,26);1H. The normalized spacial score (nSPS) is 11.3. The number of aromatic amines is 1. The fraction of sp³-hybridized carbons (Fsp3) is 0.333. The summed E-state index contributed by atoms with van der Waals surface area (Å²) >= 11 is 0. The lowest BCUT2D eigenvalue weighted by Gasteiger charge is -2.17. The second-order valence-corrected chi connectivity index (χ2v) is 6.36. The fourth-order valence-electron chi connectivity index (χ4n) is 3.02. The van der Waals surface area contributed by atoms with Crippen molar-refractivity contribution in [2.75, 3.05) is 20.2 Å². The van der Waals surface area contributed by atoms with Crippen LogP contribution in [-0.2, 0) is 13.0 Å². The first-order valence-electron chi connectivity index (χ1n) is 9.68. The van der Waals surface area contributed by atoms with E-state index in [1.165, 1.54) is 0 Å².